The highest BCUT2D eigenvalue weighted by Gasteiger charge is 2.12. The van der Waals surface area contributed by atoms with Crippen molar-refractivity contribution in [3.8, 4) is 0 Å². The summed E-state index contributed by atoms with van der Waals surface area (Å²) in [7, 11) is 2.67. The van der Waals surface area contributed by atoms with Crippen LogP contribution in [0.25, 0.3) is 11.3 Å². The summed E-state index contributed by atoms with van der Waals surface area (Å²) in [4.78, 5) is 34.7. The molecule has 0 saturated heterocycles. The summed E-state index contributed by atoms with van der Waals surface area (Å²) in [5.74, 6) is -0.846. The maximum Gasteiger partial charge on any atom is 0.356 e. The summed E-state index contributed by atoms with van der Waals surface area (Å²) < 4.78 is 12.3. The number of carbonyl (C=O) groups excluding carboxylic acids is 2. The van der Waals surface area contributed by atoms with Crippen LogP contribution < -0.4 is 5.73 Å². The third-order valence-corrected chi connectivity index (χ3v) is 4.48. The Bertz CT molecular complexity index is 1390. The number of nitrogens with zero attached hydrogens (tertiary/aromatic N) is 7. The van der Waals surface area contributed by atoms with E-state index in [1.54, 1.807) is 53.5 Å². The van der Waals surface area contributed by atoms with Crippen molar-refractivity contribution in [2.75, 3.05) is 20.8 Å². The summed E-state index contributed by atoms with van der Waals surface area (Å²) >= 11 is 0. The Morgan fingerprint density at radius 1 is 0.941 bits per heavy atom. The molecule has 12 heteroatoms. The Labute approximate surface area is 194 Å². The molecule has 4 aromatic heterocycles. The van der Waals surface area contributed by atoms with Crippen LogP contribution in [0.15, 0.2) is 53.4 Å². The fraction of sp³-hybridized carbons (Fsp3) is 0.227. The number of hydrogen-bond acceptors (Lipinski definition) is 10. The molecule has 0 aromatic carbocycles. The standard InChI is InChI=1S/2C9H9N3O2.C4H6N2/c1-6-5-7(9(13)14-2)11-8-3-4-10-12(6)8;1-6-5-7(9(13)14-2)12-8(11-6)3-4-10-12;5-4-1-2-6-3-4/h2*3-5H,1-2H3;1-2H,3,5H2. The largest absolute Gasteiger partial charge is 0.464 e. The van der Waals surface area contributed by atoms with Gasteiger partial charge in [-0.3, -0.25) is 4.99 Å². The molecule has 0 bridgehead atoms. The third kappa shape index (κ3) is 5.59. The fourth-order valence-corrected chi connectivity index (χ4v) is 2.92. The lowest BCUT2D eigenvalue weighted by atomic mass is 10.3. The van der Waals surface area contributed by atoms with Crippen LogP contribution in [0.3, 0.4) is 0 Å². The second-order valence-electron chi connectivity index (χ2n) is 6.98. The zero-order valence-corrected chi connectivity index (χ0v) is 19.2. The molecule has 0 spiro atoms. The van der Waals surface area contributed by atoms with Crippen molar-refractivity contribution in [2.45, 2.75) is 13.8 Å². The van der Waals surface area contributed by atoms with E-state index in [9.17, 15) is 9.59 Å². The number of methoxy groups -OCH3 is 2. The summed E-state index contributed by atoms with van der Waals surface area (Å²) in [5, 5.41) is 8.03. The van der Waals surface area contributed by atoms with Gasteiger partial charge in [-0.05, 0) is 32.1 Å². The Kier molecular flexibility index (Phi) is 7.64. The Morgan fingerprint density at radius 3 is 2.15 bits per heavy atom. The van der Waals surface area contributed by atoms with E-state index >= 15 is 0 Å². The number of hydrogen-bond donors (Lipinski definition) is 1. The summed E-state index contributed by atoms with van der Waals surface area (Å²) in [5.41, 5.74) is 9.72. The smallest absolute Gasteiger partial charge is 0.356 e. The van der Waals surface area contributed by atoms with E-state index in [0.29, 0.717) is 29.2 Å². The van der Waals surface area contributed by atoms with Crippen LogP contribution in [0.1, 0.15) is 32.4 Å². The first kappa shape index (κ1) is 24.0. The lowest BCUT2D eigenvalue weighted by molar-refractivity contribution is 0.0583. The Hall–Kier alpha value is -4.61. The Morgan fingerprint density at radius 2 is 1.59 bits per heavy atom. The average molecular weight is 464 g/mol. The van der Waals surface area contributed by atoms with Crippen molar-refractivity contribution in [1.82, 2.24) is 29.2 Å². The van der Waals surface area contributed by atoms with Crippen LogP contribution >= 0.6 is 0 Å². The van der Waals surface area contributed by atoms with Crippen LogP contribution in [0.2, 0.25) is 0 Å². The summed E-state index contributed by atoms with van der Waals surface area (Å²) in [6.45, 7) is 4.37. The van der Waals surface area contributed by atoms with Gasteiger partial charge >= 0.3 is 11.9 Å². The van der Waals surface area contributed by atoms with Gasteiger partial charge in [0.25, 0.3) is 0 Å². The zero-order chi connectivity index (χ0) is 24.7. The number of rotatable bonds is 2. The SMILES string of the molecule is COC(=O)c1cc(C)n2nccc2n1.COC(=O)c1cc(C)nc2ccnn12.NC1=CC=NC1. The van der Waals surface area contributed by atoms with Crippen molar-refractivity contribution in [2.24, 2.45) is 10.7 Å². The molecule has 176 valence electrons. The van der Waals surface area contributed by atoms with E-state index in [1.807, 2.05) is 13.8 Å². The number of aliphatic imine (C=N–C) groups is 1. The molecule has 0 saturated carbocycles. The maximum absolute atomic E-state index is 11.4. The highest BCUT2D eigenvalue weighted by Crippen LogP contribution is 2.08. The number of carbonyl (C=O) groups is 2. The molecular weight excluding hydrogens is 440 g/mol. The first-order valence-electron chi connectivity index (χ1n) is 10.1. The number of esters is 2. The van der Waals surface area contributed by atoms with E-state index in [2.05, 4.69) is 34.6 Å². The first-order chi connectivity index (χ1) is 16.3. The minimum absolute atomic E-state index is 0.304. The van der Waals surface area contributed by atoms with Crippen LogP contribution in [-0.4, -0.2) is 68.1 Å². The molecule has 0 fully saturated rings. The van der Waals surface area contributed by atoms with Gasteiger partial charge in [0.1, 0.15) is 0 Å². The van der Waals surface area contributed by atoms with Gasteiger partial charge in [-0.1, -0.05) is 0 Å². The summed E-state index contributed by atoms with van der Waals surface area (Å²) in [6.07, 6.45) is 6.75. The highest BCUT2D eigenvalue weighted by atomic mass is 16.5. The van der Waals surface area contributed by atoms with E-state index in [0.717, 1.165) is 17.1 Å². The number of aromatic nitrogens is 6. The molecule has 0 radical (unpaired) electrons. The second kappa shape index (κ2) is 10.8. The number of ether oxygens (including phenoxy) is 2. The van der Waals surface area contributed by atoms with Crippen molar-refractivity contribution in [3.05, 3.63) is 71.2 Å². The number of fused-ring (bicyclic) bond motifs is 2. The molecule has 12 nitrogen and oxygen atoms in total. The van der Waals surface area contributed by atoms with Crippen molar-refractivity contribution < 1.29 is 19.1 Å². The van der Waals surface area contributed by atoms with Crippen molar-refractivity contribution in [3.63, 3.8) is 0 Å². The molecule has 0 atom stereocenters. The molecule has 2 N–H and O–H groups in total. The molecule has 1 aliphatic heterocycles. The fourth-order valence-electron chi connectivity index (χ4n) is 2.92. The van der Waals surface area contributed by atoms with Gasteiger partial charge in [0, 0.05) is 35.4 Å². The molecule has 5 rings (SSSR count). The van der Waals surface area contributed by atoms with Gasteiger partial charge in [-0.25, -0.2) is 28.6 Å². The van der Waals surface area contributed by atoms with Gasteiger partial charge < -0.3 is 15.2 Å². The van der Waals surface area contributed by atoms with Crippen LogP contribution in [0.4, 0.5) is 0 Å². The van der Waals surface area contributed by atoms with E-state index in [-0.39, 0.29) is 0 Å². The molecule has 0 unspecified atom stereocenters. The minimum atomic E-state index is -0.434. The predicted octanol–water partition coefficient (Wildman–Crippen LogP) is 1.56. The maximum atomic E-state index is 11.4. The third-order valence-electron chi connectivity index (χ3n) is 4.48. The second-order valence-corrected chi connectivity index (χ2v) is 6.98. The molecular formula is C22H24N8O4. The number of allylic oxidation sites excluding steroid dienone is 1. The van der Waals surface area contributed by atoms with Crippen LogP contribution in [0.5, 0.6) is 0 Å². The van der Waals surface area contributed by atoms with Crippen LogP contribution in [0, 0.1) is 13.8 Å². The first-order valence-corrected chi connectivity index (χ1v) is 10.1. The van der Waals surface area contributed by atoms with Gasteiger partial charge in [-0.15, -0.1) is 0 Å². The molecule has 0 aliphatic carbocycles. The molecule has 1 aliphatic rings. The zero-order valence-electron chi connectivity index (χ0n) is 19.2. The average Bonchev–Trinajstić information content (AvgIpc) is 3.60. The predicted molar refractivity (Wildman–Crippen MR) is 124 cm³/mol. The quantitative estimate of drug-likeness (QED) is 0.436. The lowest BCUT2D eigenvalue weighted by Gasteiger charge is -2.03. The van der Waals surface area contributed by atoms with Crippen molar-refractivity contribution >= 4 is 29.4 Å². The van der Waals surface area contributed by atoms with E-state index in [4.69, 9.17) is 5.73 Å². The van der Waals surface area contributed by atoms with Crippen molar-refractivity contribution in [1.29, 1.82) is 0 Å². The van der Waals surface area contributed by atoms with Gasteiger partial charge in [0.05, 0.1) is 33.2 Å². The number of aryl methyl sites for hydroxylation is 2. The van der Waals surface area contributed by atoms with E-state index in [1.165, 1.54) is 18.7 Å². The molecule has 34 heavy (non-hydrogen) atoms. The topological polar surface area (TPSA) is 151 Å². The Balaban J connectivity index is 0.000000154. The monoisotopic (exact) mass is 464 g/mol. The molecule has 0 amide bonds. The minimum Gasteiger partial charge on any atom is -0.464 e. The molecule has 4 aromatic rings. The number of nitrogens with two attached hydrogens (primary N) is 1. The van der Waals surface area contributed by atoms with E-state index < -0.39 is 11.9 Å². The summed E-state index contributed by atoms with van der Waals surface area (Å²) in [6, 6.07) is 6.76. The molecule has 5 heterocycles. The van der Waals surface area contributed by atoms with Gasteiger partial charge in [0.2, 0.25) is 0 Å². The lowest BCUT2D eigenvalue weighted by Crippen LogP contribution is -2.10. The normalized spacial score (nSPS) is 11.8. The van der Waals surface area contributed by atoms with Crippen LogP contribution in [-0.2, 0) is 9.47 Å². The van der Waals surface area contributed by atoms with Gasteiger partial charge in [0.15, 0.2) is 22.7 Å². The highest BCUT2D eigenvalue weighted by molar-refractivity contribution is 5.88. The van der Waals surface area contributed by atoms with Gasteiger partial charge in [-0.2, -0.15) is 10.2 Å².